The average molecular weight is 336 g/mol. The number of nitrogens with zero attached hydrogens (tertiary/aromatic N) is 4. The first-order valence-corrected chi connectivity index (χ1v) is 8.03. The van der Waals surface area contributed by atoms with E-state index in [1.54, 1.807) is 19.5 Å². The van der Waals surface area contributed by atoms with Gasteiger partial charge >= 0.3 is 0 Å². The lowest BCUT2D eigenvalue weighted by atomic mass is 9.99. The van der Waals surface area contributed by atoms with Gasteiger partial charge in [0, 0.05) is 18.1 Å². The maximum atomic E-state index is 12.8. The molecule has 0 fully saturated rings. The van der Waals surface area contributed by atoms with Gasteiger partial charge in [-0.05, 0) is 49.7 Å². The van der Waals surface area contributed by atoms with Crippen molar-refractivity contribution in [2.24, 2.45) is 16.0 Å². The maximum Gasteiger partial charge on any atom is 0.261 e. The predicted molar refractivity (Wildman–Crippen MR) is 98.1 cm³/mol. The topological polar surface area (TPSA) is 67.2 Å². The summed E-state index contributed by atoms with van der Waals surface area (Å²) in [5.74, 6) is 0.232. The molecule has 0 N–H and O–H groups in total. The van der Waals surface area contributed by atoms with Crippen LogP contribution in [0, 0.1) is 5.92 Å². The Morgan fingerprint density at radius 2 is 2.04 bits per heavy atom. The van der Waals surface area contributed by atoms with Gasteiger partial charge in [0.05, 0.1) is 25.1 Å². The predicted octanol–water partition coefficient (Wildman–Crippen LogP) is 3.09. The van der Waals surface area contributed by atoms with Gasteiger partial charge in [-0.2, -0.15) is 10.1 Å². The number of amides is 1. The van der Waals surface area contributed by atoms with Crippen molar-refractivity contribution in [3.05, 3.63) is 54.4 Å². The molecule has 1 aliphatic heterocycles. The van der Waals surface area contributed by atoms with Gasteiger partial charge in [-0.1, -0.05) is 6.07 Å². The van der Waals surface area contributed by atoms with Crippen LogP contribution in [0.25, 0.3) is 0 Å². The van der Waals surface area contributed by atoms with E-state index < -0.39 is 5.92 Å². The quantitative estimate of drug-likeness (QED) is 0.788. The van der Waals surface area contributed by atoms with Gasteiger partial charge in [0.2, 0.25) is 0 Å². The second kappa shape index (κ2) is 7.25. The molecule has 25 heavy (non-hydrogen) atoms. The Kier molecular flexibility index (Phi) is 4.88. The number of methoxy groups -OCH3 is 1. The van der Waals surface area contributed by atoms with Gasteiger partial charge in [-0.3, -0.25) is 14.8 Å². The zero-order valence-corrected chi connectivity index (χ0v) is 14.5. The molecular formula is C19H20N4O2. The first-order valence-electron chi connectivity index (χ1n) is 8.03. The summed E-state index contributed by atoms with van der Waals surface area (Å²) in [6.07, 6.45) is 3.50. The number of pyridine rings is 1. The van der Waals surface area contributed by atoms with Crippen molar-refractivity contribution in [1.29, 1.82) is 0 Å². The SMILES string of the molecule is COc1ccc(N2N=C(C)[C@@H](C(C)=NCc3cccnc3)C2=O)cc1. The fourth-order valence-corrected chi connectivity index (χ4v) is 2.75. The van der Waals surface area contributed by atoms with E-state index in [4.69, 9.17) is 4.74 Å². The number of ether oxygens (including phenoxy) is 1. The van der Waals surface area contributed by atoms with Crippen molar-refractivity contribution in [1.82, 2.24) is 4.98 Å². The summed E-state index contributed by atoms with van der Waals surface area (Å²) < 4.78 is 5.15. The molecule has 2 aromatic rings. The average Bonchev–Trinajstić information content (AvgIpc) is 2.95. The molecule has 128 valence electrons. The Bertz CT molecular complexity index is 813. The minimum atomic E-state index is -0.418. The van der Waals surface area contributed by atoms with E-state index in [0.29, 0.717) is 12.2 Å². The molecule has 1 aromatic heterocycles. The molecule has 1 amide bonds. The summed E-state index contributed by atoms with van der Waals surface area (Å²) in [5.41, 5.74) is 3.22. The number of carbonyl (C=O) groups excluding carboxylic acids is 1. The van der Waals surface area contributed by atoms with Crippen LogP contribution < -0.4 is 9.75 Å². The number of carbonyl (C=O) groups is 1. The van der Waals surface area contributed by atoms with Gasteiger partial charge in [-0.15, -0.1) is 0 Å². The first kappa shape index (κ1) is 16.8. The van der Waals surface area contributed by atoms with E-state index >= 15 is 0 Å². The first-order chi connectivity index (χ1) is 12.1. The van der Waals surface area contributed by atoms with Crippen LogP contribution in [-0.2, 0) is 11.3 Å². The zero-order valence-electron chi connectivity index (χ0n) is 14.5. The van der Waals surface area contributed by atoms with Gasteiger partial charge in [0.25, 0.3) is 5.91 Å². The Morgan fingerprint density at radius 1 is 1.28 bits per heavy atom. The van der Waals surface area contributed by atoms with Gasteiger partial charge in [0.15, 0.2) is 0 Å². The highest BCUT2D eigenvalue weighted by Gasteiger charge is 2.36. The molecule has 0 spiro atoms. The third-order valence-corrected chi connectivity index (χ3v) is 4.10. The number of rotatable bonds is 5. The number of benzene rings is 1. The summed E-state index contributed by atoms with van der Waals surface area (Å²) in [6, 6.07) is 11.1. The standard InChI is InChI=1S/C19H20N4O2/c1-13(21-12-15-5-4-10-20-11-15)18-14(2)22-23(19(18)24)16-6-8-17(25-3)9-7-16/h4-11,18H,12H2,1-3H3/t18-/m1/s1. The molecule has 0 bridgehead atoms. The van der Waals surface area contributed by atoms with Crippen molar-refractivity contribution < 1.29 is 9.53 Å². The summed E-state index contributed by atoms with van der Waals surface area (Å²) >= 11 is 0. The van der Waals surface area contributed by atoms with Crippen molar-refractivity contribution in [3.63, 3.8) is 0 Å². The lowest BCUT2D eigenvalue weighted by Crippen LogP contribution is -2.31. The molecule has 6 nitrogen and oxygen atoms in total. The highest BCUT2D eigenvalue weighted by molar-refractivity contribution is 6.27. The number of hydrogen-bond acceptors (Lipinski definition) is 5. The summed E-state index contributed by atoms with van der Waals surface area (Å²) in [6.45, 7) is 4.23. The zero-order chi connectivity index (χ0) is 17.8. The monoisotopic (exact) mass is 336 g/mol. The Morgan fingerprint density at radius 3 is 2.68 bits per heavy atom. The molecule has 0 radical (unpaired) electrons. The number of aromatic nitrogens is 1. The van der Waals surface area contributed by atoms with E-state index in [-0.39, 0.29) is 5.91 Å². The van der Waals surface area contributed by atoms with E-state index in [9.17, 15) is 4.79 Å². The largest absolute Gasteiger partial charge is 0.497 e. The normalized spacial score (nSPS) is 17.6. The highest BCUT2D eigenvalue weighted by atomic mass is 16.5. The Hall–Kier alpha value is -3.02. The molecule has 0 saturated carbocycles. The van der Waals surface area contributed by atoms with Crippen LogP contribution in [0.2, 0.25) is 0 Å². The molecule has 1 aliphatic rings. The van der Waals surface area contributed by atoms with Crippen molar-refractivity contribution in [2.45, 2.75) is 20.4 Å². The summed E-state index contributed by atoms with van der Waals surface area (Å²) in [5, 5.41) is 5.85. The van der Waals surface area contributed by atoms with Crippen LogP contribution in [0.4, 0.5) is 5.69 Å². The lowest BCUT2D eigenvalue weighted by molar-refractivity contribution is -0.118. The third kappa shape index (κ3) is 3.57. The number of aliphatic imine (C=N–C) groups is 1. The van der Waals surface area contributed by atoms with Crippen molar-refractivity contribution >= 4 is 23.0 Å². The summed E-state index contributed by atoms with van der Waals surface area (Å²) in [7, 11) is 1.61. The molecule has 0 aliphatic carbocycles. The molecule has 1 atom stereocenters. The molecular weight excluding hydrogens is 316 g/mol. The Balaban J connectivity index is 1.77. The number of anilines is 1. The lowest BCUT2D eigenvalue weighted by Gasteiger charge is -2.15. The fraction of sp³-hybridized carbons (Fsp3) is 0.263. The Labute approximate surface area is 146 Å². The van der Waals surface area contributed by atoms with Gasteiger partial charge in [-0.25, -0.2) is 0 Å². The maximum absolute atomic E-state index is 12.8. The van der Waals surface area contributed by atoms with Crippen LogP contribution in [0.15, 0.2) is 58.9 Å². The molecule has 2 heterocycles. The highest BCUT2D eigenvalue weighted by Crippen LogP contribution is 2.26. The molecule has 3 rings (SSSR count). The number of hydrogen-bond donors (Lipinski definition) is 0. The minimum absolute atomic E-state index is 0.0879. The molecule has 0 saturated heterocycles. The minimum Gasteiger partial charge on any atom is -0.497 e. The van der Waals surface area contributed by atoms with E-state index in [2.05, 4.69) is 15.1 Å². The fourth-order valence-electron chi connectivity index (χ4n) is 2.75. The van der Waals surface area contributed by atoms with E-state index in [1.807, 2.05) is 50.2 Å². The van der Waals surface area contributed by atoms with E-state index in [0.717, 1.165) is 22.7 Å². The van der Waals surface area contributed by atoms with Crippen LogP contribution in [0.1, 0.15) is 19.4 Å². The van der Waals surface area contributed by atoms with Gasteiger partial charge < -0.3 is 4.74 Å². The third-order valence-electron chi connectivity index (χ3n) is 4.10. The van der Waals surface area contributed by atoms with Crippen LogP contribution in [0.3, 0.4) is 0 Å². The molecule has 0 unspecified atom stereocenters. The van der Waals surface area contributed by atoms with E-state index in [1.165, 1.54) is 5.01 Å². The molecule has 1 aromatic carbocycles. The second-order valence-electron chi connectivity index (χ2n) is 5.84. The van der Waals surface area contributed by atoms with Crippen molar-refractivity contribution in [2.75, 3.05) is 12.1 Å². The van der Waals surface area contributed by atoms with Crippen LogP contribution in [-0.4, -0.2) is 29.4 Å². The summed E-state index contributed by atoms with van der Waals surface area (Å²) in [4.78, 5) is 21.4. The number of hydrazone groups is 1. The molecule has 6 heteroatoms. The smallest absolute Gasteiger partial charge is 0.261 e. The van der Waals surface area contributed by atoms with Crippen molar-refractivity contribution in [3.8, 4) is 5.75 Å². The van der Waals surface area contributed by atoms with Gasteiger partial charge in [0.1, 0.15) is 11.7 Å². The van der Waals surface area contributed by atoms with Crippen LogP contribution in [0.5, 0.6) is 5.75 Å². The second-order valence-corrected chi connectivity index (χ2v) is 5.84. The van der Waals surface area contributed by atoms with Crippen LogP contribution >= 0.6 is 0 Å².